The molecule has 0 spiro atoms. The van der Waals surface area contributed by atoms with Crippen LogP contribution in [0.5, 0.6) is 0 Å². The summed E-state index contributed by atoms with van der Waals surface area (Å²) in [6, 6.07) is 51.7. The lowest BCUT2D eigenvalue weighted by Crippen LogP contribution is -2.28. The number of thiophene rings is 1. The minimum absolute atomic E-state index is 0.109. The van der Waals surface area contributed by atoms with Gasteiger partial charge in [-0.15, -0.1) is 11.3 Å². The molecule has 0 fully saturated rings. The maximum absolute atomic E-state index is 3.36. The van der Waals surface area contributed by atoms with Gasteiger partial charge in [-0.3, -0.25) is 0 Å². The highest BCUT2D eigenvalue weighted by molar-refractivity contribution is 7.26. The van der Waals surface area contributed by atoms with E-state index in [-0.39, 0.29) is 5.41 Å². The molecule has 10 rings (SSSR count). The minimum atomic E-state index is -0.109. The van der Waals surface area contributed by atoms with Crippen molar-refractivity contribution in [3.63, 3.8) is 0 Å². The smallest absolute Gasteiger partial charge is 0.0465 e. The lowest BCUT2D eigenvalue weighted by molar-refractivity contribution is 0.523. The van der Waals surface area contributed by atoms with Gasteiger partial charge in [0.2, 0.25) is 0 Å². The molecule has 7 aromatic rings. The highest BCUT2D eigenvalue weighted by atomic mass is 32.1. The summed E-state index contributed by atoms with van der Waals surface area (Å²) in [7, 11) is 0. The molecule has 2 unspecified atom stereocenters. The van der Waals surface area contributed by atoms with Crippen LogP contribution < -0.4 is 4.90 Å². The van der Waals surface area contributed by atoms with Crippen LogP contribution in [-0.2, 0) is 5.41 Å². The zero-order valence-electron chi connectivity index (χ0n) is 30.2. The molecule has 0 saturated carbocycles. The number of rotatable bonds is 5. The molecule has 0 amide bonds. The Hall–Kier alpha value is -5.96. The van der Waals surface area contributed by atoms with Gasteiger partial charge in [0.1, 0.15) is 0 Å². The third-order valence-corrected chi connectivity index (χ3v) is 12.4. The molecule has 2 heteroatoms. The van der Waals surface area contributed by atoms with Crippen LogP contribution in [0.2, 0.25) is 0 Å². The first kappa shape index (κ1) is 32.9. The first-order valence-corrected chi connectivity index (χ1v) is 19.2. The zero-order chi connectivity index (χ0) is 36.1. The van der Waals surface area contributed by atoms with E-state index in [0.717, 1.165) is 11.4 Å². The fourth-order valence-corrected chi connectivity index (χ4v) is 10.1. The predicted octanol–water partition coefficient (Wildman–Crippen LogP) is 14.5. The SMILES string of the molecule is C=CC=C.CC1(C)C2=C(c3ccccc3C3C=CC=CC23)c2ccc(N(c3ccccc3)c3ccc(-c4cccc5c4sc4ccccc45)cc3)cc21. The summed E-state index contributed by atoms with van der Waals surface area (Å²) in [5.74, 6) is 0.745. The summed E-state index contributed by atoms with van der Waals surface area (Å²) < 4.78 is 2.68. The van der Waals surface area contributed by atoms with Crippen molar-refractivity contribution in [3.05, 3.63) is 217 Å². The summed E-state index contributed by atoms with van der Waals surface area (Å²) in [5.41, 5.74) is 14.5. The molecule has 1 aromatic heterocycles. The molecule has 0 N–H and O–H groups in total. The van der Waals surface area contributed by atoms with Crippen LogP contribution >= 0.6 is 11.3 Å². The maximum atomic E-state index is 3.36. The van der Waals surface area contributed by atoms with Crippen LogP contribution in [0.4, 0.5) is 17.1 Å². The summed E-state index contributed by atoms with van der Waals surface area (Å²) in [5, 5.41) is 2.67. The van der Waals surface area contributed by atoms with E-state index in [0.29, 0.717) is 11.8 Å². The molecular weight excluding hydrogens is 659 g/mol. The third-order valence-electron chi connectivity index (χ3n) is 11.2. The fourth-order valence-electron chi connectivity index (χ4n) is 8.87. The van der Waals surface area contributed by atoms with Gasteiger partial charge in [-0.25, -0.2) is 0 Å². The van der Waals surface area contributed by atoms with E-state index >= 15 is 0 Å². The molecule has 0 bridgehead atoms. The first-order chi connectivity index (χ1) is 26.0. The Kier molecular flexibility index (Phi) is 8.21. The molecule has 1 nitrogen and oxygen atoms in total. The average molecular weight is 700 g/mol. The van der Waals surface area contributed by atoms with Crippen molar-refractivity contribution < 1.29 is 0 Å². The number of hydrogen-bond acceptors (Lipinski definition) is 2. The molecule has 53 heavy (non-hydrogen) atoms. The van der Waals surface area contributed by atoms with Gasteiger partial charge in [0.15, 0.2) is 0 Å². The minimum Gasteiger partial charge on any atom is -0.310 e. The molecule has 3 aliphatic rings. The molecule has 1 heterocycles. The van der Waals surface area contributed by atoms with Crippen molar-refractivity contribution in [2.45, 2.75) is 25.2 Å². The Bertz CT molecular complexity index is 2620. The second kappa shape index (κ2) is 13.2. The Labute approximate surface area is 316 Å². The quantitative estimate of drug-likeness (QED) is 0.162. The number of para-hydroxylation sites is 1. The normalized spacial score (nSPS) is 17.3. The Morgan fingerprint density at radius 2 is 1.23 bits per heavy atom. The van der Waals surface area contributed by atoms with Gasteiger partial charge < -0.3 is 4.90 Å². The topological polar surface area (TPSA) is 3.24 Å². The van der Waals surface area contributed by atoms with Gasteiger partial charge in [-0.2, -0.15) is 0 Å². The van der Waals surface area contributed by atoms with Gasteiger partial charge in [0, 0.05) is 54.5 Å². The van der Waals surface area contributed by atoms with Crippen molar-refractivity contribution in [3.8, 4) is 11.1 Å². The number of hydrogen-bond donors (Lipinski definition) is 0. The van der Waals surface area contributed by atoms with Gasteiger partial charge in [-0.05, 0) is 87.0 Å². The highest BCUT2D eigenvalue weighted by Gasteiger charge is 2.46. The maximum Gasteiger partial charge on any atom is 0.0465 e. The third kappa shape index (κ3) is 5.36. The number of anilines is 3. The number of fused-ring (bicyclic) bond motifs is 10. The van der Waals surface area contributed by atoms with Crippen LogP contribution in [0.15, 0.2) is 195 Å². The monoisotopic (exact) mass is 699 g/mol. The number of benzene rings is 6. The molecule has 0 aliphatic heterocycles. The van der Waals surface area contributed by atoms with Crippen LogP contribution in [0.1, 0.15) is 42.0 Å². The largest absolute Gasteiger partial charge is 0.310 e. The van der Waals surface area contributed by atoms with Crippen LogP contribution in [0.3, 0.4) is 0 Å². The van der Waals surface area contributed by atoms with Crippen molar-refractivity contribution in [1.82, 2.24) is 0 Å². The van der Waals surface area contributed by atoms with Crippen molar-refractivity contribution >= 4 is 54.1 Å². The predicted molar refractivity (Wildman–Crippen MR) is 230 cm³/mol. The fraction of sp³-hybridized carbons (Fsp3) is 0.0980. The zero-order valence-corrected chi connectivity index (χ0v) is 31.0. The van der Waals surface area contributed by atoms with Crippen LogP contribution in [-0.4, -0.2) is 0 Å². The molecular formula is C51H41NS. The van der Waals surface area contributed by atoms with Gasteiger partial charge in [0.25, 0.3) is 0 Å². The molecule has 3 aliphatic carbocycles. The summed E-state index contributed by atoms with van der Waals surface area (Å²) >= 11 is 1.89. The number of allylic oxidation sites excluding steroid dienone is 7. The summed E-state index contributed by atoms with van der Waals surface area (Å²) in [6.45, 7) is 11.6. The van der Waals surface area contributed by atoms with E-state index < -0.39 is 0 Å². The second-order valence-corrected chi connectivity index (χ2v) is 15.6. The molecule has 256 valence electrons. The Morgan fingerprint density at radius 1 is 0.585 bits per heavy atom. The summed E-state index contributed by atoms with van der Waals surface area (Å²) in [6.07, 6.45) is 12.6. The number of nitrogens with zero attached hydrogens (tertiary/aromatic N) is 1. The van der Waals surface area contributed by atoms with Crippen LogP contribution in [0, 0.1) is 5.92 Å². The van der Waals surface area contributed by atoms with Gasteiger partial charge in [-0.1, -0.05) is 161 Å². The van der Waals surface area contributed by atoms with E-state index in [1.54, 1.807) is 17.7 Å². The van der Waals surface area contributed by atoms with Gasteiger partial charge in [0.05, 0.1) is 0 Å². The summed E-state index contributed by atoms with van der Waals surface area (Å²) in [4.78, 5) is 2.41. The van der Waals surface area contributed by atoms with Crippen molar-refractivity contribution in [2.75, 3.05) is 4.90 Å². The highest BCUT2D eigenvalue weighted by Crippen LogP contribution is 2.59. The van der Waals surface area contributed by atoms with Gasteiger partial charge >= 0.3 is 0 Å². The Morgan fingerprint density at radius 3 is 2.02 bits per heavy atom. The van der Waals surface area contributed by atoms with Crippen LogP contribution in [0.25, 0.3) is 36.9 Å². The first-order valence-electron chi connectivity index (χ1n) is 18.4. The Balaban J connectivity index is 0.000000888. The van der Waals surface area contributed by atoms with E-state index in [2.05, 4.69) is 196 Å². The van der Waals surface area contributed by atoms with E-state index in [1.807, 2.05) is 11.3 Å². The lowest BCUT2D eigenvalue weighted by Gasteiger charge is -2.38. The molecule has 0 saturated heterocycles. The van der Waals surface area contributed by atoms with E-state index in [1.165, 1.54) is 64.8 Å². The molecule has 6 aromatic carbocycles. The van der Waals surface area contributed by atoms with E-state index in [4.69, 9.17) is 0 Å². The van der Waals surface area contributed by atoms with Crippen molar-refractivity contribution in [1.29, 1.82) is 0 Å². The molecule has 2 atom stereocenters. The lowest BCUT2D eigenvalue weighted by atomic mass is 9.65. The average Bonchev–Trinajstić information content (AvgIpc) is 3.71. The molecule has 0 radical (unpaired) electrons. The standard InChI is InChI=1S/C47H35NS.C4H6/c1-47(2)42-29-33(27-28-41(42)44-38-18-8-6-15-35(38)36-16-7-9-19-39(36)45(44)47)48(31-13-4-3-5-14-31)32-25-23-30(24-26-32)34-20-12-21-40-37-17-10-11-22-43(37)49-46(34)40;1-3-4-2/h3-29,36,39H,1-2H3;3-4H,1-2H2. The van der Waals surface area contributed by atoms with E-state index in [9.17, 15) is 0 Å². The second-order valence-electron chi connectivity index (χ2n) is 14.5. The van der Waals surface area contributed by atoms with Crippen molar-refractivity contribution in [2.24, 2.45) is 5.92 Å².